The number of hydrogen-bond donors (Lipinski definition) is 0. The van der Waals surface area contributed by atoms with E-state index in [2.05, 4.69) is 69.3 Å². The maximum Gasteiger partial charge on any atom is 0.119 e. The van der Waals surface area contributed by atoms with Gasteiger partial charge in [-0.2, -0.15) is 0 Å². The van der Waals surface area contributed by atoms with Crippen molar-refractivity contribution in [1.29, 1.82) is 0 Å². The SMILES string of the molecule is CC1=c2ccccc2=C(c2ccc(OCC3CO3)cc2)C1(C)C. The molecular weight excluding hydrogens is 284 g/mol. The van der Waals surface area contributed by atoms with Crippen LogP contribution >= 0.6 is 0 Å². The van der Waals surface area contributed by atoms with Crippen molar-refractivity contribution in [2.75, 3.05) is 13.2 Å². The Balaban J connectivity index is 1.74. The van der Waals surface area contributed by atoms with Gasteiger partial charge in [-0.15, -0.1) is 0 Å². The van der Waals surface area contributed by atoms with Gasteiger partial charge in [-0.25, -0.2) is 0 Å². The van der Waals surface area contributed by atoms with Crippen LogP contribution in [0.15, 0.2) is 48.5 Å². The molecule has 1 unspecified atom stereocenters. The van der Waals surface area contributed by atoms with Gasteiger partial charge in [0.2, 0.25) is 0 Å². The topological polar surface area (TPSA) is 21.8 Å². The molecule has 0 spiro atoms. The van der Waals surface area contributed by atoms with Gasteiger partial charge < -0.3 is 9.47 Å². The van der Waals surface area contributed by atoms with Crippen molar-refractivity contribution in [3.05, 3.63) is 64.5 Å². The van der Waals surface area contributed by atoms with E-state index in [1.54, 1.807) is 0 Å². The first-order valence-electron chi connectivity index (χ1n) is 8.23. The molecule has 4 rings (SSSR count). The van der Waals surface area contributed by atoms with Crippen LogP contribution < -0.4 is 15.2 Å². The molecule has 0 aromatic heterocycles. The van der Waals surface area contributed by atoms with E-state index < -0.39 is 0 Å². The van der Waals surface area contributed by atoms with Crippen molar-refractivity contribution in [1.82, 2.24) is 0 Å². The molecule has 2 nitrogen and oxygen atoms in total. The smallest absolute Gasteiger partial charge is 0.119 e. The van der Waals surface area contributed by atoms with E-state index in [1.807, 2.05) is 0 Å². The minimum Gasteiger partial charge on any atom is -0.491 e. The van der Waals surface area contributed by atoms with E-state index >= 15 is 0 Å². The largest absolute Gasteiger partial charge is 0.491 e. The van der Waals surface area contributed by atoms with Crippen molar-refractivity contribution in [2.24, 2.45) is 5.41 Å². The quantitative estimate of drug-likeness (QED) is 0.810. The van der Waals surface area contributed by atoms with Gasteiger partial charge >= 0.3 is 0 Å². The monoisotopic (exact) mass is 306 g/mol. The molecule has 2 aromatic carbocycles. The second kappa shape index (κ2) is 5.24. The Hall–Kier alpha value is -2.06. The zero-order chi connectivity index (χ0) is 16.0. The first-order valence-corrected chi connectivity index (χ1v) is 8.23. The van der Waals surface area contributed by atoms with Gasteiger partial charge in [-0.3, -0.25) is 0 Å². The van der Waals surface area contributed by atoms with Crippen molar-refractivity contribution in [2.45, 2.75) is 26.9 Å². The summed E-state index contributed by atoms with van der Waals surface area (Å²) in [5.41, 5.74) is 4.17. The van der Waals surface area contributed by atoms with Crippen LogP contribution in [0, 0.1) is 5.41 Å². The lowest BCUT2D eigenvalue weighted by Gasteiger charge is -2.26. The third kappa shape index (κ3) is 2.47. The number of benzene rings is 2. The Bertz CT molecular complexity index is 855. The second-order valence-electron chi connectivity index (χ2n) is 6.96. The fraction of sp³-hybridized carbons (Fsp3) is 0.333. The van der Waals surface area contributed by atoms with Crippen LogP contribution in [0.1, 0.15) is 26.3 Å². The minimum absolute atomic E-state index is 0.0495. The Labute approximate surface area is 137 Å². The van der Waals surface area contributed by atoms with Crippen molar-refractivity contribution in [3.63, 3.8) is 0 Å². The predicted molar refractivity (Wildman–Crippen MR) is 92.7 cm³/mol. The van der Waals surface area contributed by atoms with Gasteiger partial charge in [0, 0.05) is 5.41 Å². The second-order valence-corrected chi connectivity index (χ2v) is 6.96. The fourth-order valence-electron chi connectivity index (χ4n) is 3.48. The lowest BCUT2D eigenvalue weighted by molar-refractivity contribution is 0.263. The van der Waals surface area contributed by atoms with Gasteiger partial charge in [-0.05, 0) is 40.6 Å². The summed E-state index contributed by atoms with van der Waals surface area (Å²) < 4.78 is 10.9. The average Bonchev–Trinajstić information content (AvgIpc) is 3.35. The Morgan fingerprint density at radius 2 is 1.70 bits per heavy atom. The fourth-order valence-corrected chi connectivity index (χ4v) is 3.48. The van der Waals surface area contributed by atoms with Gasteiger partial charge in [0.15, 0.2) is 0 Å². The molecule has 1 heterocycles. The molecular formula is C21H22O2. The number of fused-ring (bicyclic) bond motifs is 1. The van der Waals surface area contributed by atoms with Crippen LogP contribution in [0.4, 0.5) is 0 Å². The molecule has 1 aliphatic carbocycles. The maximum atomic E-state index is 5.75. The number of ether oxygens (including phenoxy) is 2. The molecule has 1 saturated heterocycles. The number of hydrogen-bond acceptors (Lipinski definition) is 2. The molecule has 0 radical (unpaired) electrons. The predicted octanol–water partition coefficient (Wildman–Crippen LogP) is 2.87. The van der Waals surface area contributed by atoms with Crippen molar-refractivity contribution in [3.8, 4) is 5.75 Å². The summed E-state index contributed by atoms with van der Waals surface area (Å²) in [6.07, 6.45) is 0.293. The normalized spacial score (nSPS) is 21.3. The summed E-state index contributed by atoms with van der Waals surface area (Å²) in [7, 11) is 0. The molecule has 1 atom stereocenters. The lowest BCUT2D eigenvalue weighted by Crippen LogP contribution is -2.23. The van der Waals surface area contributed by atoms with E-state index in [9.17, 15) is 0 Å². The number of epoxide rings is 1. The summed E-state index contributed by atoms with van der Waals surface area (Å²) in [6, 6.07) is 17.2. The highest BCUT2D eigenvalue weighted by Crippen LogP contribution is 2.41. The molecule has 1 fully saturated rings. The standard InChI is InChI=1S/C21H22O2/c1-14-18-6-4-5-7-19(18)20(21(14,2)3)15-8-10-16(11-9-15)22-12-17-13-23-17/h4-11,17H,12-13H2,1-3H3. The minimum atomic E-state index is 0.0495. The summed E-state index contributed by atoms with van der Waals surface area (Å²) in [4.78, 5) is 0. The van der Waals surface area contributed by atoms with E-state index in [4.69, 9.17) is 9.47 Å². The maximum absolute atomic E-state index is 5.75. The molecule has 23 heavy (non-hydrogen) atoms. The summed E-state index contributed by atoms with van der Waals surface area (Å²) in [5, 5.41) is 2.73. The molecule has 0 amide bonds. The number of rotatable bonds is 4. The molecule has 0 N–H and O–H groups in total. The van der Waals surface area contributed by atoms with Crippen LogP contribution in [0.25, 0.3) is 11.1 Å². The molecule has 0 saturated carbocycles. The highest BCUT2D eigenvalue weighted by molar-refractivity contribution is 5.83. The van der Waals surface area contributed by atoms with Crippen LogP contribution in [-0.2, 0) is 4.74 Å². The molecule has 2 heteroatoms. The molecule has 118 valence electrons. The van der Waals surface area contributed by atoms with Gasteiger partial charge in [0.1, 0.15) is 18.5 Å². The zero-order valence-corrected chi connectivity index (χ0v) is 13.9. The molecule has 2 aliphatic rings. The van der Waals surface area contributed by atoms with Crippen LogP contribution in [0.3, 0.4) is 0 Å². The first kappa shape index (κ1) is 14.5. The van der Waals surface area contributed by atoms with Gasteiger partial charge in [0.05, 0.1) is 6.61 Å². The third-order valence-corrected chi connectivity index (χ3v) is 5.14. The Morgan fingerprint density at radius 3 is 2.35 bits per heavy atom. The summed E-state index contributed by atoms with van der Waals surface area (Å²) >= 11 is 0. The van der Waals surface area contributed by atoms with Gasteiger partial charge in [0.25, 0.3) is 0 Å². The van der Waals surface area contributed by atoms with Crippen LogP contribution in [0.5, 0.6) is 5.75 Å². The highest BCUT2D eigenvalue weighted by atomic mass is 16.6. The van der Waals surface area contributed by atoms with Crippen LogP contribution in [0.2, 0.25) is 0 Å². The zero-order valence-electron chi connectivity index (χ0n) is 13.9. The first-order chi connectivity index (χ1) is 11.1. The Morgan fingerprint density at radius 1 is 1.04 bits per heavy atom. The van der Waals surface area contributed by atoms with Crippen molar-refractivity contribution >= 4 is 11.1 Å². The van der Waals surface area contributed by atoms with Crippen LogP contribution in [-0.4, -0.2) is 19.3 Å². The third-order valence-electron chi connectivity index (χ3n) is 5.14. The molecule has 0 bridgehead atoms. The van der Waals surface area contributed by atoms with Gasteiger partial charge in [-0.1, -0.05) is 55.8 Å². The van der Waals surface area contributed by atoms with E-state index in [1.165, 1.54) is 27.1 Å². The molecule has 2 aromatic rings. The summed E-state index contributed by atoms with van der Waals surface area (Å²) in [6.45, 7) is 8.35. The molecule has 1 aliphatic heterocycles. The average molecular weight is 306 g/mol. The van der Waals surface area contributed by atoms with Crippen molar-refractivity contribution < 1.29 is 9.47 Å². The Kier molecular flexibility index (Phi) is 3.31. The summed E-state index contributed by atoms with van der Waals surface area (Å²) in [5.74, 6) is 0.912. The van der Waals surface area contributed by atoms with E-state index in [-0.39, 0.29) is 5.41 Å². The van der Waals surface area contributed by atoms with E-state index in [0.29, 0.717) is 12.7 Å². The lowest BCUT2D eigenvalue weighted by atomic mass is 9.77. The van der Waals surface area contributed by atoms with E-state index in [0.717, 1.165) is 12.4 Å². The highest BCUT2D eigenvalue weighted by Gasteiger charge is 2.32.